The van der Waals surface area contributed by atoms with Gasteiger partial charge in [-0.15, -0.1) is 16.4 Å². The molecule has 0 aliphatic carbocycles. The van der Waals surface area contributed by atoms with E-state index >= 15 is 0 Å². The maximum atomic E-state index is 12.3. The van der Waals surface area contributed by atoms with Crippen LogP contribution in [0.4, 0.5) is 0 Å². The molecule has 0 aromatic carbocycles. The van der Waals surface area contributed by atoms with Crippen molar-refractivity contribution in [2.24, 2.45) is 0 Å². The maximum absolute atomic E-state index is 12.3. The van der Waals surface area contributed by atoms with Crippen LogP contribution in [0.15, 0.2) is 17.6 Å². The van der Waals surface area contributed by atoms with Crippen LogP contribution in [0.5, 0.6) is 0 Å². The van der Waals surface area contributed by atoms with Gasteiger partial charge in [0.25, 0.3) is 0 Å². The molecule has 10 heteroatoms. The van der Waals surface area contributed by atoms with E-state index in [9.17, 15) is 14.4 Å². The Morgan fingerprint density at radius 3 is 2.96 bits per heavy atom. The van der Waals surface area contributed by atoms with Gasteiger partial charge in [-0.2, -0.15) is 0 Å². The number of carboxylic acids is 1. The minimum Gasteiger partial charge on any atom is -0.480 e. The standard InChI is InChI=1S/C16H19N5O4S/c22-14(17-7-12-9-21(19-18-12)10-16(24)25)1-2-15(23)20-5-3-13-11(8-20)4-6-26-13/h4,6,9H,1-3,5,7-8,10H2,(H,17,22)(H,24,25). The molecule has 3 heterocycles. The summed E-state index contributed by atoms with van der Waals surface area (Å²) in [6, 6.07) is 2.05. The fourth-order valence-corrected chi connectivity index (χ4v) is 3.64. The van der Waals surface area contributed by atoms with Crippen molar-refractivity contribution in [3.8, 4) is 0 Å². The molecule has 3 rings (SSSR count). The molecule has 1 aliphatic heterocycles. The zero-order valence-corrected chi connectivity index (χ0v) is 14.9. The molecule has 2 amide bonds. The van der Waals surface area contributed by atoms with E-state index in [0.717, 1.165) is 6.42 Å². The van der Waals surface area contributed by atoms with Crippen LogP contribution in [0.25, 0.3) is 0 Å². The molecule has 2 aromatic rings. The number of amides is 2. The van der Waals surface area contributed by atoms with Gasteiger partial charge >= 0.3 is 5.97 Å². The normalized spacial score (nSPS) is 13.3. The van der Waals surface area contributed by atoms with E-state index in [4.69, 9.17) is 5.11 Å². The summed E-state index contributed by atoms with van der Waals surface area (Å²) in [5, 5.41) is 20.8. The Labute approximate surface area is 153 Å². The van der Waals surface area contributed by atoms with Gasteiger partial charge in [0.1, 0.15) is 12.2 Å². The SMILES string of the molecule is O=C(O)Cn1cc(CNC(=O)CCC(=O)N2CCc3sccc3C2)nn1. The summed E-state index contributed by atoms with van der Waals surface area (Å²) in [6.07, 6.45) is 2.61. The summed E-state index contributed by atoms with van der Waals surface area (Å²) < 4.78 is 1.18. The van der Waals surface area contributed by atoms with Crippen molar-refractivity contribution in [2.45, 2.75) is 38.9 Å². The van der Waals surface area contributed by atoms with Crippen molar-refractivity contribution in [1.82, 2.24) is 25.2 Å². The number of carboxylic acid groups (broad SMARTS) is 1. The van der Waals surface area contributed by atoms with Gasteiger partial charge < -0.3 is 15.3 Å². The minimum absolute atomic E-state index is 0.0237. The van der Waals surface area contributed by atoms with Gasteiger partial charge in [0, 0.05) is 30.8 Å². The first kappa shape index (κ1) is 18.1. The molecule has 1 aliphatic rings. The van der Waals surface area contributed by atoms with Crippen LogP contribution in [0.2, 0.25) is 0 Å². The number of carbonyl (C=O) groups is 3. The molecule has 2 aromatic heterocycles. The third-order valence-corrected chi connectivity index (χ3v) is 5.10. The monoisotopic (exact) mass is 377 g/mol. The number of carbonyl (C=O) groups excluding carboxylic acids is 2. The highest BCUT2D eigenvalue weighted by Crippen LogP contribution is 2.24. The van der Waals surface area contributed by atoms with E-state index in [2.05, 4.69) is 15.6 Å². The van der Waals surface area contributed by atoms with Gasteiger partial charge in [-0.25, -0.2) is 4.68 Å². The van der Waals surface area contributed by atoms with Crippen LogP contribution in [0.3, 0.4) is 0 Å². The number of fused-ring (bicyclic) bond motifs is 1. The van der Waals surface area contributed by atoms with Crippen LogP contribution >= 0.6 is 11.3 Å². The van der Waals surface area contributed by atoms with Crippen molar-refractivity contribution in [2.75, 3.05) is 6.54 Å². The largest absolute Gasteiger partial charge is 0.480 e. The van der Waals surface area contributed by atoms with Gasteiger partial charge in [-0.1, -0.05) is 5.21 Å². The number of hydrogen-bond donors (Lipinski definition) is 2. The minimum atomic E-state index is -1.02. The molecule has 0 bridgehead atoms. The highest BCUT2D eigenvalue weighted by molar-refractivity contribution is 7.10. The van der Waals surface area contributed by atoms with Crippen LogP contribution in [0, 0.1) is 0 Å². The quantitative estimate of drug-likeness (QED) is 0.721. The summed E-state index contributed by atoms with van der Waals surface area (Å²) in [5.74, 6) is -1.29. The summed E-state index contributed by atoms with van der Waals surface area (Å²) in [5.41, 5.74) is 1.66. The van der Waals surface area contributed by atoms with Gasteiger partial charge in [0.15, 0.2) is 0 Å². The number of thiophene rings is 1. The molecule has 0 saturated heterocycles. The highest BCUT2D eigenvalue weighted by Gasteiger charge is 2.21. The van der Waals surface area contributed by atoms with E-state index in [1.807, 2.05) is 11.4 Å². The predicted octanol–water partition coefficient (Wildman–Crippen LogP) is 0.405. The molecule has 9 nitrogen and oxygen atoms in total. The third-order valence-electron chi connectivity index (χ3n) is 4.08. The molecule has 0 unspecified atom stereocenters. The lowest BCUT2D eigenvalue weighted by Gasteiger charge is -2.27. The Morgan fingerprint density at radius 2 is 2.15 bits per heavy atom. The van der Waals surface area contributed by atoms with Gasteiger partial charge in [0.05, 0.1) is 12.7 Å². The molecule has 26 heavy (non-hydrogen) atoms. The molecule has 0 saturated carbocycles. The van der Waals surface area contributed by atoms with Crippen LogP contribution < -0.4 is 5.32 Å². The zero-order chi connectivity index (χ0) is 18.5. The predicted molar refractivity (Wildman–Crippen MR) is 92.2 cm³/mol. The molecular formula is C16H19N5O4S. The molecule has 0 atom stereocenters. The average molecular weight is 377 g/mol. The fraction of sp³-hybridized carbons (Fsp3) is 0.438. The second kappa shape index (κ2) is 8.09. The summed E-state index contributed by atoms with van der Waals surface area (Å²) >= 11 is 1.72. The Bertz CT molecular complexity index is 815. The fourth-order valence-electron chi connectivity index (χ4n) is 2.75. The number of nitrogens with zero attached hydrogens (tertiary/aromatic N) is 4. The van der Waals surface area contributed by atoms with Gasteiger partial charge in [-0.3, -0.25) is 14.4 Å². The smallest absolute Gasteiger partial charge is 0.325 e. The van der Waals surface area contributed by atoms with Gasteiger partial charge in [-0.05, 0) is 23.4 Å². The summed E-state index contributed by atoms with van der Waals surface area (Å²) in [6.45, 7) is 1.18. The Morgan fingerprint density at radius 1 is 1.31 bits per heavy atom. The van der Waals surface area contributed by atoms with Crippen molar-refractivity contribution in [1.29, 1.82) is 0 Å². The molecule has 2 N–H and O–H groups in total. The van der Waals surface area contributed by atoms with Crippen molar-refractivity contribution in [3.63, 3.8) is 0 Å². The lowest BCUT2D eigenvalue weighted by Crippen LogP contribution is -2.36. The van der Waals surface area contributed by atoms with E-state index < -0.39 is 5.97 Å². The second-order valence-corrected chi connectivity index (χ2v) is 7.01. The van der Waals surface area contributed by atoms with E-state index in [-0.39, 0.29) is 37.7 Å². The number of hydrogen-bond acceptors (Lipinski definition) is 6. The first-order chi connectivity index (χ1) is 12.5. The van der Waals surface area contributed by atoms with E-state index in [0.29, 0.717) is 18.8 Å². The zero-order valence-electron chi connectivity index (χ0n) is 14.1. The molecule has 0 spiro atoms. The van der Waals surface area contributed by atoms with E-state index in [1.54, 1.807) is 16.2 Å². The van der Waals surface area contributed by atoms with Gasteiger partial charge in [0.2, 0.25) is 11.8 Å². The molecule has 0 radical (unpaired) electrons. The summed E-state index contributed by atoms with van der Waals surface area (Å²) in [7, 11) is 0. The van der Waals surface area contributed by atoms with E-state index in [1.165, 1.54) is 21.3 Å². The molecule has 138 valence electrons. The Kier molecular flexibility index (Phi) is 5.61. The van der Waals surface area contributed by atoms with Crippen LogP contribution in [-0.2, 0) is 40.4 Å². The lowest BCUT2D eigenvalue weighted by molar-refractivity contribution is -0.138. The molecular weight excluding hydrogens is 358 g/mol. The number of aromatic nitrogens is 3. The first-order valence-corrected chi connectivity index (χ1v) is 9.10. The number of nitrogens with one attached hydrogen (secondary N) is 1. The second-order valence-electron chi connectivity index (χ2n) is 6.01. The maximum Gasteiger partial charge on any atom is 0.325 e. The first-order valence-electron chi connectivity index (χ1n) is 8.22. The van der Waals surface area contributed by atoms with Crippen LogP contribution in [0.1, 0.15) is 29.0 Å². The highest BCUT2D eigenvalue weighted by atomic mass is 32.1. The topological polar surface area (TPSA) is 117 Å². The van der Waals surface area contributed by atoms with Crippen molar-refractivity contribution < 1.29 is 19.5 Å². The molecule has 0 fully saturated rings. The van der Waals surface area contributed by atoms with Crippen molar-refractivity contribution in [3.05, 3.63) is 33.8 Å². The Balaban J connectivity index is 1.39. The average Bonchev–Trinajstić information content (AvgIpc) is 3.25. The van der Waals surface area contributed by atoms with Crippen molar-refractivity contribution >= 4 is 29.1 Å². The third kappa shape index (κ3) is 4.66. The lowest BCUT2D eigenvalue weighted by atomic mass is 10.1. The number of rotatable bonds is 7. The Hall–Kier alpha value is -2.75. The summed E-state index contributed by atoms with van der Waals surface area (Å²) in [4.78, 5) is 37.9. The number of aliphatic carboxylic acids is 1. The van der Waals surface area contributed by atoms with Crippen LogP contribution in [-0.4, -0.2) is 49.3 Å².